The van der Waals surface area contributed by atoms with Crippen molar-refractivity contribution in [1.82, 2.24) is 20.1 Å². The van der Waals surface area contributed by atoms with Crippen LogP contribution in [-0.2, 0) is 0 Å². The number of carbonyl (C=O) groups is 1. The van der Waals surface area contributed by atoms with Gasteiger partial charge in [0.25, 0.3) is 5.91 Å². The molecule has 1 aromatic carbocycles. The zero-order chi connectivity index (χ0) is 16.4. The van der Waals surface area contributed by atoms with E-state index in [0.29, 0.717) is 30.4 Å². The number of aromatic nitrogens is 3. The van der Waals surface area contributed by atoms with E-state index in [9.17, 15) is 4.79 Å². The highest BCUT2D eigenvalue weighted by Crippen LogP contribution is 2.29. The Hall–Kier alpha value is -3.02. The van der Waals surface area contributed by atoms with Crippen molar-refractivity contribution < 1.29 is 9.21 Å². The van der Waals surface area contributed by atoms with Gasteiger partial charge in [-0.3, -0.25) is 9.78 Å². The maximum absolute atomic E-state index is 12.5. The number of likely N-dealkylation sites (tertiary alicyclic amines) is 1. The molecule has 0 saturated carbocycles. The number of hydrogen-bond donors (Lipinski definition) is 0. The normalized spacial score (nSPS) is 17.2. The fourth-order valence-electron chi connectivity index (χ4n) is 2.92. The Balaban J connectivity index is 1.48. The topological polar surface area (TPSA) is 72.1 Å². The van der Waals surface area contributed by atoms with Crippen LogP contribution in [0.3, 0.4) is 0 Å². The summed E-state index contributed by atoms with van der Waals surface area (Å²) in [6.45, 7) is 1.28. The van der Waals surface area contributed by atoms with Gasteiger partial charge in [0.05, 0.1) is 5.92 Å². The van der Waals surface area contributed by atoms with Crippen LogP contribution in [0.15, 0.2) is 59.3 Å². The van der Waals surface area contributed by atoms with Crippen LogP contribution in [0.2, 0.25) is 0 Å². The van der Waals surface area contributed by atoms with Crippen molar-refractivity contribution in [2.75, 3.05) is 13.1 Å². The molecule has 120 valence electrons. The second-order valence-corrected chi connectivity index (χ2v) is 5.78. The monoisotopic (exact) mass is 320 g/mol. The number of nitrogens with zero attached hydrogens (tertiary/aromatic N) is 4. The third kappa shape index (κ3) is 2.78. The Morgan fingerprint density at radius 2 is 1.88 bits per heavy atom. The van der Waals surface area contributed by atoms with Gasteiger partial charge in [-0.15, -0.1) is 10.2 Å². The average molecular weight is 320 g/mol. The molecule has 4 rings (SSSR count). The van der Waals surface area contributed by atoms with Crippen LogP contribution in [0, 0.1) is 0 Å². The summed E-state index contributed by atoms with van der Waals surface area (Å²) in [4.78, 5) is 18.3. The Bertz CT molecular complexity index is 832. The molecule has 0 bridgehead atoms. The molecule has 1 aliphatic rings. The molecule has 3 heterocycles. The molecular weight excluding hydrogens is 304 g/mol. The summed E-state index contributed by atoms with van der Waals surface area (Å²) < 4.78 is 5.82. The third-order valence-corrected chi connectivity index (χ3v) is 4.21. The molecule has 1 aliphatic heterocycles. The van der Waals surface area contributed by atoms with Crippen molar-refractivity contribution in [3.63, 3.8) is 0 Å². The van der Waals surface area contributed by atoms with Crippen LogP contribution in [-0.4, -0.2) is 39.1 Å². The minimum atomic E-state index is 0.0164. The Labute approximate surface area is 139 Å². The van der Waals surface area contributed by atoms with Crippen molar-refractivity contribution in [2.45, 2.75) is 12.3 Å². The van der Waals surface area contributed by atoms with Gasteiger partial charge < -0.3 is 9.32 Å². The summed E-state index contributed by atoms with van der Waals surface area (Å²) in [6.07, 6.45) is 4.09. The van der Waals surface area contributed by atoms with Crippen LogP contribution in [0.25, 0.3) is 11.5 Å². The lowest BCUT2D eigenvalue weighted by Crippen LogP contribution is -2.28. The maximum Gasteiger partial charge on any atom is 0.253 e. The SMILES string of the molecule is O=C(c1ccncc1)N1CCC(c2nnc(-c3ccccc3)o2)C1. The van der Waals surface area contributed by atoms with Crippen molar-refractivity contribution >= 4 is 5.91 Å². The Morgan fingerprint density at radius 3 is 2.67 bits per heavy atom. The Morgan fingerprint density at radius 1 is 1.08 bits per heavy atom. The van der Waals surface area contributed by atoms with E-state index in [1.54, 1.807) is 24.5 Å². The zero-order valence-electron chi connectivity index (χ0n) is 13.0. The van der Waals surface area contributed by atoms with Crippen LogP contribution in [0.5, 0.6) is 0 Å². The first-order chi connectivity index (χ1) is 11.8. The number of rotatable bonds is 3. The molecular formula is C18H16N4O2. The quantitative estimate of drug-likeness (QED) is 0.742. The zero-order valence-corrected chi connectivity index (χ0v) is 13.0. The molecule has 0 spiro atoms. The molecule has 3 aromatic rings. The fourth-order valence-corrected chi connectivity index (χ4v) is 2.92. The van der Waals surface area contributed by atoms with E-state index in [2.05, 4.69) is 15.2 Å². The molecule has 6 nitrogen and oxygen atoms in total. The third-order valence-electron chi connectivity index (χ3n) is 4.21. The summed E-state index contributed by atoms with van der Waals surface area (Å²) in [5, 5.41) is 8.31. The van der Waals surface area contributed by atoms with E-state index in [4.69, 9.17) is 4.42 Å². The van der Waals surface area contributed by atoms with Crippen LogP contribution in [0.1, 0.15) is 28.6 Å². The molecule has 1 atom stereocenters. The molecule has 1 saturated heterocycles. The van der Waals surface area contributed by atoms with Crippen LogP contribution < -0.4 is 0 Å². The van der Waals surface area contributed by atoms with Crippen molar-refractivity contribution in [3.8, 4) is 11.5 Å². The first-order valence-electron chi connectivity index (χ1n) is 7.89. The lowest BCUT2D eigenvalue weighted by Gasteiger charge is -2.15. The number of benzene rings is 1. The largest absolute Gasteiger partial charge is 0.420 e. The second kappa shape index (κ2) is 6.23. The summed E-state index contributed by atoms with van der Waals surface area (Å²) in [5.41, 5.74) is 1.56. The van der Waals surface area contributed by atoms with E-state index in [-0.39, 0.29) is 11.8 Å². The van der Waals surface area contributed by atoms with Crippen LogP contribution in [0.4, 0.5) is 0 Å². The molecule has 2 aromatic heterocycles. The predicted octanol–water partition coefficient (Wildman–Crippen LogP) is 2.76. The highest BCUT2D eigenvalue weighted by Gasteiger charge is 2.31. The second-order valence-electron chi connectivity index (χ2n) is 5.78. The fraction of sp³-hybridized carbons (Fsp3) is 0.222. The van der Waals surface area contributed by atoms with Gasteiger partial charge in [0.1, 0.15) is 0 Å². The molecule has 0 aliphatic carbocycles. The summed E-state index contributed by atoms with van der Waals surface area (Å²) >= 11 is 0. The van der Waals surface area contributed by atoms with Gasteiger partial charge in [-0.25, -0.2) is 0 Å². The van der Waals surface area contributed by atoms with Gasteiger partial charge in [0, 0.05) is 36.6 Å². The van der Waals surface area contributed by atoms with Gasteiger partial charge in [0.2, 0.25) is 11.8 Å². The lowest BCUT2D eigenvalue weighted by atomic mass is 10.1. The van der Waals surface area contributed by atoms with Crippen molar-refractivity contribution in [2.24, 2.45) is 0 Å². The minimum Gasteiger partial charge on any atom is -0.420 e. The first-order valence-corrected chi connectivity index (χ1v) is 7.89. The number of hydrogen-bond acceptors (Lipinski definition) is 5. The van der Waals surface area contributed by atoms with Gasteiger partial charge in [0.15, 0.2) is 0 Å². The van der Waals surface area contributed by atoms with Gasteiger partial charge in [-0.2, -0.15) is 0 Å². The predicted molar refractivity (Wildman–Crippen MR) is 87.2 cm³/mol. The maximum atomic E-state index is 12.5. The summed E-state index contributed by atoms with van der Waals surface area (Å²) in [6, 6.07) is 13.1. The lowest BCUT2D eigenvalue weighted by molar-refractivity contribution is 0.0790. The number of pyridine rings is 1. The smallest absolute Gasteiger partial charge is 0.253 e. The van der Waals surface area contributed by atoms with Gasteiger partial charge >= 0.3 is 0 Å². The molecule has 0 radical (unpaired) electrons. The van der Waals surface area contributed by atoms with Gasteiger partial charge in [-0.05, 0) is 30.7 Å². The molecule has 1 fully saturated rings. The molecule has 24 heavy (non-hydrogen) atoms. The average Bonchev–Trinajstić information content (AvgIpc) is 3.32. The van der Waals surface area contributed by atoms with Gasteiger partial charge in [-0.1, -0.05) is 18.2 Å². The van der Waals surface area contributed by atoms with Crippen LogP contribution >= 0.6 is 0 Å². The van der Waals surface area contributed by atoms with E-state index in [0.717, 1.165) is 12.0 Å². The van der Waals surface area contributed by atoms with E-state index >= 15 is 0 Å². The van der Waals surface area contributed by atoms with E-state index < -0.39 is 0 Å². The molecule has 6 heteroatoms. The highest BCUT2D eigenvalue weighted by atomic mass is 16.4. The first kappa shape index (κ1) is 14.6. The molecule has 0 N–H and O–H groups in total. The summed E-state index contributed by atoms with van der Waals surface area (Å²) in [7, 11) is 0. The number of amides is 1. The highest BCUT2D eigenvalue weighted by molar-refractivity contribution is 5.94. The summed E-state index contributed by atoms with van der Waals surface area (Å²) in [5.74, 6) is 1.21. The van der Waals surface area contributed by atoms with Crippen molar-refractivity contribution in [1.29, 1.82) is 0 Å². The van der Waals surface area contributed by atoms with Crippen molar-refractivity contribution in [3.05, 3.63) is 66.3 Å². The Kier molecular flexibility index (Phi) is 3.78. The molecule has 1 amide bonds. The molecule has 1 unspecified atom stereocenters. The minimum absolute atomic E-state index is 0.0164. The standard InChI is InChI=1S/C18H16N4O2/c23-18(14-6-9-19-10-7-14)22-11-8-15(12-22)17-21-20-16(24-17)13-4-2-1-3-5-13/h1-7,9-10,15H,8,11-12H2. The number of carbonyl (C=O) groups excluding carboxylic acids is 1. The van der Waals surface area contributed by atoms with E-state index in [1.165, 1.54) is 0 Å². The van der Waals surface area contributed by atoms with E-state index in [1.807, 2.05) is 35.2 Å².